The first-order valence-electron chi connectivity index (χ1n) is 3.40. The molecule has 0 fully saturated rings. The largest absolute Gasteiger partial charge is 0.467 e. The van der Waals surface area contributed by atoms with E-state index in [9.17, 15) is 13.2 Å². The highest BCUT2D eigenvalue weighted by molar-refractivity contribution is 5.20. The van der Waals surface area contributed by atoms with Gasteiger partial charge < -0.3 is 4.74 Å². The second kappa shape index (κ2) is 3.20. The van der Waals surface area contributed by atoms with Gasteiger partial charge in [0.2, 0.25) is 0 Å². The van der Waals surface area contributed by atoms with Crippen LogP contribution in [0.4, 0.5) is 13.2 Å². The van der Waals surface area contributed by atoms with Crippen molar-refractivity contribution in [1.29, 1.82) is 0 Å². The summed E-state index contributed by atoms with van der Waals surface area (Å²) < 4.78 is 41.1. The molecule has 0 aliphatic carbocycles. The molecule has 6 heteroatoms. The molecule has 3 nitrogen and oxygen atoms in total. The molecule has 0 amide bonds. The molecule has 0 aromatic carbocycles. The Morgan fingerprint density at radius 2 is 2.00 bits per heavy atom. The quantitative estimate of drug-likeness (QED) is 0.680. The van der Waals surface area contributed by atoms with Gasteiger partial charge in [0.15, 0.2) is 5.69 Å². The van der Waals surface area contributed by atoms with Crippen molar-refractivity contribution < 1.29 is 17.9 Å². The molecular formula is C7H7F3N2O. The van der Waals surface area contributed by atoms with E-state index in [1.165, 1.54) is 14.0 Å². The molecule has 1 rings (SSSR count). The van der Waals surface area contributed by atoms with Crippen molar-refractivity contribution in [2.24, 2.45) is 0 Å². The molecule has 0 unspecified atom stereocenters. The van der Waals surface area contributed by atoms with Crippen LogP contribution in [-0.2, 0) is 6.18 Å². The van der Waals surface area contributed by atoms with Crippen LogP contribution in [0.15, 0.2) is 6.20 Å². The minimum absolute atomic E-state index is 0.0201. The van der Waals surface area contributed by atoms with Crippen molar-refractivity contribution in [1.82, 2.24) is 9.97 Å². The summed E-state index contributed by atoms with van der Waals surface area (Å²) in [5.41, 5.74) is -0.979. The standard InChI is InChI=1S/C7H7F3N2O/c1-4-3-11-6(13-2)12-5(4)7(8,9)10/h3H,1-2H3. The zero-order chi connectivity index (χ0) is 10.1. The van der Waals surface area contributed by atoms with Gasteiger partial charge in [0.1, 0.15) is 0 Å². The maximum atomic E-state index is 12.2. The van der Waals surface area contributed by atoms with Crippen LogP contribution in [0.3, 0.4) is 0 Å². The van der Waals surface area contributed by atoms with Gasteiger partial charge in [0.25, 0.3) is 0 Å². The fourth-order valence-electron chi connectivity index (χ4n) is 0.811. The van der Waals surface area contributed by atoms with Crippen molar-refractivity contribution in [2.45, 2.75) is 13.1 Å². The number of methoxy groups -OCH3 is 1. The van der Waals surface area contributed by atoms with Crippen LogP contribution in [0.2, 0.25) is 0 Å². The predicted octanol–water partition coefficient (Wildman–Crippen LogP) is 1.81. The molecule has 0 saturated heterocycles. The number of hydrogen-bond donors (Lipinski definition) is 0. The highest BCUT2D eigenvalue weighted by Crippen LogP contribution is 2.30. The third-order valence-corrected chi connectivity index (χ3v) is 1.40. The van der Waals surface area contributed by atoms with Crippen LogP contribution in [0.1, 0.15) is 11.3 Å². The van der Waals surface area contributed by atoms with Crippen LogP contribution >= 0.6 is 0 Å². The summed E-state index contributed by atoms with van der Waals surface area (Å²) in [4.78, 5) is 6.74. The fraction of sp³-hybridized carbons (Fsp3) is 0.429. The molecule has 0 N–H and O–H groups in total. The molecule has 1 aromatic heterocycles. The lowest BCUT2D eigenvalue weighted by molar-refractivity contribution is -0.142. The Bertz CT molecular complexity index is 311. The SMILES string of the molecule is COc1ncc(C)c(C(F)(F)F)n1. The molecule has 0 bridgehead atoms. The molecule has 13 heavy (non-hydrogen) atoms. The number of ether oxygens (including phenoxy) is 1. The van der Waals surface area contributed by atoms with E-state index in [1.54, 1.807) is 0 Å². The maximum absolute atomic E-state index is 12.2. The number of hydrogen-bond acceptors (Lipinski definition) is 3. The summed E-state index contributed by atoms with van der Waals surface area (Å²) in [6, 6.07) is -0.280. The zero-order valence-electron chi connectivity index (χ0n) is 7.01. The van der Waals surface area contributed by atoms with Gasteiger partial charge in [0, 0.05) is 6.20 Å². The zero-order valence-corrected chi connectivity index (χ0v) is 7.01. The Kier molecular flexibility index (Phi) is 2.40. The second-order valence-electron chi connectivity index (χ2n) is 2.39. The van der Waals surface area contributed by atoms with Crippen LogP contribution in [0.5, 0.6) is 6.01 Å². The molecular weight excluding hydrogens is 185 g/mol. The fourth-order valence-corrected chi connectivity index (χ4v) is 0.811. The number of alkyl halides is 3. The van der Waals surface area contributed by atoms with Crippen molar-refractivity contribution in [2.75, 3.05) is 7.11 Å². The summed E-state index contributed by atoms with van der Waals surface area (Å²) in [6.07, 6.45) is -3.38. The van der Waals surface area contributed by atoms with Crippen molar-refractivity contribution in [3.63, 3.8) is 0 Å². The van der Waals surface area contributed by atoms with Crippen molar-refractivity contribution in [3.05, 3.63) is 17.5 Å². The monoisotopic (exact) mass is 192 g/mol. The maximum Gasteiger partial charge on any atom is 0.433 e. The highest BCUT2D eigenvalue weighted by Gasteiger charge is 2.35. The Labute approximate surface area is 72.6 Å². The minimum atomic E-state index is -4.46. The van der Waals surface area contributed by atoms with Crippen LogP contribution in [0.25, 0.3) is 0 Å². The Hall–Kier alpha value is -1.33. The topological polar surface area (TPSA) is 35.0 Å². The third kappa shape index (κ3) is 2.07. The Morgan fingerprint density at radius 3 is 2.46 bits per heavy atom. The molecule has 0 aliphatic heterocycles. The second-order valence-corrected chi connectivity index (χ2v) is 2.39. The third-order valence-electron chi connectivity index (χ3n) is 1.40. The molecule has 0 saturated carbocycles. The highest BCUT2D eigenvalue weighted by atomic mass is 19.4. The average Bonchev–Trinajstić information content (AvgIpc) is 2.03. The van der Waals surface area contributed by atoms with E-state index in [1.807, 2.05) is 0 Å². The van der Waals surface area contributed by atoms with E-state index in [-0.39, 0.29) is 11.6 Å². The average molecular weight is 192 g/mol. The summed E-state index contributed by atoms with van der Waals surface area (Å²) in [7, 11) is 1.21. The van der Waals surface area contributed by atoms with Gasteiger partial charge in [-0.25, -0.2) is 4.98 Å². The molecule has 0 aliphatic rings. The smallest absolute Gasteiger partial charge is 0.433 e. The molecule has 0 atom stereocenters. The van der Waals surface area contributed by atoms with Crippen LogP contribution < -0.4 is 4.74 Å². The number of nitrogens with zero attached hydrogens (tertiary/aromatic N) is 2. The first kappa shape index (κ1) is 9.76. The van der Waals surface area contributed by atoms with E-state index >= 15 is 0 Å². The normalized spacial score (nSPS) is 11.5. The molecule has 72 valence electrons. The minimum Gasteiger partial charge on any atom is -0.467 e. The lowest BCUT2D eigenvalue weighted by atomic mass is 10.2. The van der Waals surface area contributed by atoms with E-state index in [0.717, 1.165) is 6.20 Å². The van der Waals surface area contributed by atoms with Gasteiger partial charge >= 0.3 is 12.2 Å². The number of rotatable bonds is 1. The molecule has 1 heterocycles. The van der Waals surface area contributed by atoms with E-state index < -0.39 is 11.9 Å². The lowest BCUT2D eigenvalue weighted by Gasteiger charge is -2.08. The van der Waals surface area contributed by atoms with E-state index in [2.05, 4.69) is 14.7 Å². The van der Waals surface area contributed by atoms with Gasteiger partial charge in [-0.1, -0.05) is 0 Å². The van der Waals surface area contributed by atoms with Gasteiger partial charge in [-0.15, -0.1) is 0 Å². The van der Waals surface area contributed by atoms with Crippen LogP contribution in [0, 0.1) is 6.92 Å². The van der Waals surface area contributed by atoms with Gasteiger partial charge in [-0.05, 0) is 12.5 Å². The van der Waals surface area contributed by atoms with Crippen molar-refractivity contribution in [3.8, 4) is 6.01 Å². The van der Waals surface area contributed by atoms with Gasteiger partial charge in [-0.2, -0.15) is 18.2 Å². The Morgan fingerprint density at radius 1 is 1.38 bits per heavy atom. The summed E-state index contributed by atoms with van der Waals surface area (Å²) in [5, 5.41) is 0. The van der Waals surface area contributed by atoms with E-state index in [0.29, 0.717) is 0 Å². The number of halogens is 3. The first-order valence-corrected chi connectivity index (χ1v) is 3.40. The first-order chi connectivity index (χ1) is 5.95. The summed E-state index contributed by atoms with van der Waals surface area (Å²) >= 11 is 0. The Balaban J connectivity index is 3.19. The lowest BCUT2D eigenvalue weighted by Crippen LogP contribution is -2.11. The molecule has 0 spiro atoms. The number of aromatic nitrogens is 2. The van der Waals surface area contributed by atoms with Gasteiger partial charge in [-0.3, -0.25) is 0 Å². The molecule has 1 aromatic rings. The van der Waals surface area contributed by atoms with E-state index in [4.69, 9.17) is 0 Å². The van der Waals surface area contributed by atoms with Crippen molar-refractivity contribution >= 4 is 0 Å². The summed E-state index contributed by atoms with van der Waals surface area (Å²) in [5.74, 6) is 0. The summed E-state index contributed by atoms with van der Waals surface area (Å²) in [6.45, 7) is 1.29. The molecule has 0 radical (unpaired) electrons. The van der Waals surface area contributed by atoms with Gasteiger partial charge in [0.05, 0.1) is 7.11 Å². The predicted molar refractivity (Wildman–Crippen MR) is 38.3 cm³/mol. The van der Waals surface area contributed by atoms with Crippen LogP contribution in [-0.4, -0.2) is 17.1 Å². The number of aryl methyl sites for hydroxylation is 1.